The third-order valence-electron chi connectivity index (χ3n) is 2.76. The van der Waals surface area contributed by atoms with Crippen LogP contribution in [0.1, 0.15) is 41.7 Å². The number of hydrogen-bond acceptors (Lipinski definition) is 10. The number of nitrogens with zero attached hydrogens (tertiary/aromatic N) is 3. The second kappa shape index (κ2) is 13.4. The number of ether oxygens (including phenoxy) is 2. The van der Waals surface area contributed by atoms with E-state index in [0.717, 1.165) is 18.5 Å². The number of halogens is 3. The topological polar surface area (TPSA) is 143 Å². The maximum atomic E-state index is 12.5. The van der Waals surface area contributed by atoms with Crippen LogP contribution in [0, 0.1) is 20.1 Å². The van der Waals surface area contributed by atoms with Crippen LogP contribution in [0.5, 0.6) is 0 Å². The van der Waals surface area contributed by atoms with E-state index in [4.69, 9.17) is 5.73 Å². The Balaban J connectivity index is 0.000000454. The Hall–Kier alpha value is -2.97. The summed E-state index contributed by atoms with van der Waals surface area (Å²) in [4.78, 5) is 42.5. The van der Waals surface area contributed by atoms with Crippen LogP contribution in [0.4, 0.5) is 14.5 Å². The smallest absolute Gasteiger partial charge is 0.358 e. The van der Waals surface area contributed by atoms with Crippen molar-refractivity contribution in [2.24, 2.45) is 5.34 Å². The monoisotopic (exact) mass is 554 g/mol. The molecule has 0 saturated carbocycles. The highest BCUT2D eigenvalue weighted by Crippen LogP contribution is 2.12. The summed E-state index contributed by atoms with van der Waals surface area (Å²) in [6.45, 7) is 5.28. The zero-order valence-corrected chi connectivity index (χ0v) is 19.5. The number of pyridine rings is 2. The van der Waals surface area contributed by atoms with E-state index in [1.54, 1.807) is 20.8 Å². The third-order valence-corrected chi connectivity index (χ3v) is 3.58. The van der Waals surface area contributed by atoms with Crippen molar-refractivity contribution in [2.45, 2.75) is 26.4 Å². The van der Waals surface area contributed by atoms with Crippen LogP contribution in [0.3, 0.4) is 0 Å². The molecule has 2 aromatic heterocycles. The zero-order valence-electron chi connectivity index (χ0n) is 17.3. The first-order valence-corrected chi connectivity index (χ1v) is 9.33. The van der Waals surface area contributed by atoms with Gasteiger partial charge in [0.1, 0.15) is 17.2 Å². The van der Waals surface area contributed by atoms with Gasteiger partial charge >= 0.3 is 11.9 Å². The lowest BCUT2D eigenvalue weighted by atomic mass is 10.2. The minimum absolute atomic E-state index is 0.0261. The van der Waals surface area contributed by atoms with Gasteiger partial charge in [0.2, 0.25) is 0 Å². The molecule has 2 aromatic rings. The fourth-order valence-corrected chi connectivity index (χ4v) is 2.15. The van der Waals surface area contributed by atoms with Crippen LogP contribution in [-0.2, 0) is 14.3 Å². The molecule has 2 heterocycles. The summed E-state index contributed by atoms with van der Waals surface area (Å²) in [6.07, 6.45) is 1.89. The lowest BCUT2D eigenvalue weighted by molar-refractivity contribution is -0.00230. The van der Waals surface area contributed by atoms with Gasteiger partial charge in [0, 0.05) is 9.64 Å². The summed E-state index contributed by atoms with van der Waals surface area (Å²) in [7, 11) is 2.45. The summed E-state index contributed by atoms with van der Waals surface area (Å²) in [5, 5.41) is 2.26. The van der Waals surface area contributed by atoms with Gasteiger partial charge in [-0.15, -0.1) is 4.91 Å². The van der Waals surface area contributed by atoms with E-state index in [-0.39, 0.29) is 17.1 Å². The number of anilines is 1. The Morgan fingerprint density at radius 2 is 1.45 bits per heavy atom. The van der Waals surface area contributed by atoms with Gasteiger partial charge in [-0.2, -0.15) is 0 Å². The largest absolute Gasteiger partial charge is 0.464 e. The van der Waals surface area contributed by atoms with E-state index in [1.165, 1.54) is 20.3 Å². The van der Waals surface area contributed by atoms with Crippen molar-refractivity contribution >= 4 is 40.2 Å². The van der Waals surface area contributed by atoms with Gasteiger partial charge in [-0.05, 0) is 49.4 Å². The van der Waals surface area contributed by atoms with Crippen molar-refractivity contribution in [1.82, 2.24) is 9.97 Å². The Kier molecular flexibility index (Phi) is 12.1. The van der Waals surface area contributed by atoms with Gasteiger partial charge in [-0.1, -0.05) is 0 Å². The molecule has 13 heteroatoms. The second-order valence-electron chi connectivity index (χ2n) is 6.34. The van der Waals surface area contributed by atoms with Gasteiger partial charge in [-0.25, -0.2) is 28.3 Å². The molecule has 0 aliphatic heterocycles. The maximum Gasteiger partial charge on any atom is 0.358 e. The molecule has 0 aliphatic rings. The standard InChI is InChI=1S/C7H5FINO2.C7H7FN2O2.C4H9NO2/c2*1-12-7(11)6-5(9)2-4(8)3-10-6;1-4(2,3)7-5-6/h2-3H,1H3;2-3H,9H2,1H3;1-3H3. The van der Waals surface area contributed by atoms with Crippen molar-refractivity contribution in [3.05, 3.63) is 56.0 Å². The molecule has 0 aromatic carbocycles. The number of carbonyl (C=O) groups is 2. The highest BCUT2D eigenvalue weighted by molar-refractivity contribution is 14.1. The summed E-state index contributed by atoms with van der Waals surface area (Å²) >= 11 is 1.82. The van der Waals surface area contributed by atoms with Crippen molar-refractivity contribution in [3.8, 4) is 0 Å². The Morgan fingerprint density at radius 3 is 1.81 bits per heavy atom. The fraction of sp³-hybridized carbons (Fsp3) is 0.333. The average Bonchev–Trinajstić information content (AvgIpc) is 2.67. The number of methoxy groups -OCH3 is 2. The average molecular weight is 554 g/mol. The Labute approximate surface area is 190 Å². The number of hydrogen-bond donors (Lipinski definition) is 1. The molecule has 0 spiro atoms. The number of rotatable bonds is 3. The summed E-state index contributed by atoms with van der Waals surface area (Å²) in [6, 6.07) is 2.24. The van der Waals surface area contributed by atoms with E-state index in [1.807, 2.05) is 22.6 Å². The van der Waals surface area contributed by atoms with E-state index in [0.29, 0.717) is 3.57 Å². The van der Waals surface area contributed by atoms with Gasteiger partial charge < -0.3 is 20.0 Å². The van der Waals surface area contributed by atoms with E-state index in [9.17, 15) is 23.3 Å². The molecule has 0 saturated heterocycles. The van der Waals surface area contributed by atoms with Crippen molar-refractivity contribution in [2.75, 3.05) is 20.0 Å². The normalized spacial score (nSPS) is 9.81. The summed E-state index contributed by atoms with van der Waals surface area (Å²) < 4.78 is 34.1. The highest BCUT2D eigenvalue weighted by Gasteiger charge is 2.12. The van der Waals surface area contributed by atoms with Gasteiger partial charge in [0.15, 0.2) is 16.7 Å². The fourth-order valence-electron chi connectivity index (χ4n) is 1.50. The lowest BCUT2D eigenvalue weighted by Crippen LogP contribution is -2.14. The molecule has 0 aliphatic carbocycles. The van der Waals surface area contributed by atoms with Crippen molar-refractivity contribution < 1.29 is 32.7 Å². The molecule has 0 unspecified atom stereocenters. The minimum atomic E-state index is -0.674. The molecular weight excluding hydrogens is 533 g/mol. The van der Waals surface area contributed by atoms with Crippen molar-refractivity contribution in [1.29, 1.82) is 0 Å². The van der Waals surface area contributed by atoms with Crippen LogP contribution < -0.4 is 5.73 Å². The SMILES string of the molecule is CC(C)(C)ON=O.COC(=O)c1ncc(F)cc1I.COC(=O)c1ncc(F)cc1N. The summed E-state index contributed by atoms with van der Waals surface area (Å²) in [5.41, 5.74) is 4.91. The Bertz CT molecular complexity index is 846. The Morgan fingerprint density at radius 1 is 1.00 bits per heavy atom. The first-order chi connectivity index (χ1) is 14.4. The number of nitrogen functional groups attached to an aromatic ring is 1. The van der Waals surface area contributed by atoms with Crippen LogP contribution in [0.25, 0.3) is 0 Å². The molecular formula is C18H21F2IN4O6. The maximum absolute atomic E-state index is 12.5. The molecule has 0 amide bonds. The second-order valence-corrected chi connectivity index (χ2v) is 7.50. The first kappa shape index (κ1) is 28.0. The molecule has 2 rings (SSSR count). The third kappa shape index (κ3) is 11.1. The zero-order chi connectivity index (χ0) is 24.2. The minimum Gasteiger partial charge on any atom is -0.464 e. The van der Waals surface area contributed by atoms with Crippen LogP contribution in [-0.4, -0.2) is 41.7 Å². The number of nitrogens with two attached hydrogens (primary N) is 1. The molecule has 0 atom stereocenters. The molecule has 2 N–H and O–H groups in total. The predicted octanol–water partition coefficient (Wildman–Crippen LogP) is 3.68. The predicted molar refractivity (Wildman–Crippen MR) is 115 cm³/mol. The van der Waals surface area contributed by atoms with Crippen LogP contribution in [0.15, 0.2) is 29.9 Å². The lowest BCUT2D eigenvalue weighted by Gasteiger charge is -2.11. The van der Waals surface area contributed by atoms with E-state index < -0.39 is 29.2 Å². The number of carbonyl (C=O) groups excluding carboxylic acids is 2. The van der Waals surface area contributed by atoms with Gasteiger partial charge in [0.05, 0.1) is 32.3 Å². The molecule has 10 nitrogen and oxygen atoms in total. The van der Waals surface area contributed by atoms with Gasteiger partial charge in [0.25, 0.3) is 0 Å². The quantitative estimate of drug-likeness (QED) is 0.260. The molecule has 0 bridgehead atoms. The van der Waals surface area contributed by atoms with E-state index >= 15 is 0 Å². The van der Waals surface area contributed by atoms with Crippen LogP contribution in [0.2, 0.25) is 0 Å². The molecule has 31 heavy (non-hydrogen) atoms. The molecule has 170 valence electrons. The first-order valence-electron chi connectivity index (χ1n) is 8.25. The highest BCUT2D eigenvalue weighted by atomic mass is 127. The van der Waals surface area contributed by atoms with E-state index in [2.05, 4.69) is 29.6 Å². The van der Waals surface area contributed by atoms with Gasteiger partial charge in [-0.3, -0.25) is 0 Å². The number of aromatic nitrogens is 2. The molecule has 0 fully saturated rings. The van der Waals surface area contributed by atoms with Crippen molar-refractivity contribution in [3.63, 3.8) is 0 Å². The summed E-state index contributed by atoms with van der Waals surface area (Å²) in [5.74, 6) is -2.28. The molecule has 0 radical (unpaired) electrons. The number of esters is 2. The van der Waals surface area contributed by atoms with Crippen LogP contribution >= 0.6 is 22.6 Å².